The maximum Gasteiger partial charge on any atom is 0.251 e. The number of carbonyl (C=O) groups excluding carboxylic acids is 1. The van der Waals surface area contributed by atoms with Crippen molar-refractivity contribution in [1.29, 1.82) is 0 Å². The Morgan fingerprint density at radius 1 is 1.19 bits per heavy atom. The van der Waals surface area contributed by atoms with E-state index in [1.54, 1.807) is 0 Å². The van der Waals surface area contributed by atoms with E-state index in [-0.39, 0.29) is 11.3 Å². The molecule has 1 amide bonds. The van der Waals surface area contributed by atoms with Crippen molar-refractivity contribution < 1.29 is 4.79 Å². The number of hydrogen-bond acceptors (Lipinski definition) is 1. The fourth-order valence-electron chi connectivity index (χ4n) is 3.03. The number of hydrogen-bond donors (Lipinski definition) is 1. The first-order valence-electron chi connectivity index (χ1n) is 7.86. The number of carbonyl (C=O) groups is 1. The predicted octanol–water partition coefficient (Wildman–Crippen LogP) is 4.37. The fourth-order valence-corrected chi connectivity index (χ4v) is 3.44. The van der Waals surface area contributed by atoms with Gasteiger partial charge in [-0.05, 0) is 47.8 Å². The molecule has 116 valence electrons. The molecule has 0 spiro atoms. The van der Waals surface area contributed by atoms with Crippen LogP contribution in [-0.4, -0.2) is 18.3 Å². The molecular formula is C18H26ClNO. The van der Waals surface area contributed by atoms with Crippen molar-refractivity contribution in [2.24, 2.45) is 11.8 Å². The summed E-state index contributed by atoms with van der Waals surface area (Å²) in [5.74, 6) is 1.84. The molecule has 0 aromatic heterocycles. The molecule has 0 aliphatic heterocycles. The number of alkyl halides is 1. The number of nitrogens with one attached hydrogen (secondary N) is 1. The van der Waals surface area contributed by atoms with E-state index < -0.39 is 0 Å². The van der Waals surface area contributed by atoms with Crippen LogP contribution in [0.4, 0.5) is 0 Å². The van der Waals surface area contributed by atoms with E-state index in [2.05, 4.69) is 26.1 Å². The zero-order valence-electron chi connectivity index (χ0n) is 13.3. The van der Waals surface area contributed by atoms with E-state index in [0.29, 0.717) is 17.7 Å². The second-order valence-electron chi connectivity index (χ2n) is 7.14. The summed E-state index contributed by atoms with van der Waals surface area (Å²) in [6, 6.07) is 7.94. The molecule has 2 rings (SSSR count). The van der Waals surface area contributed by atoms with Crippen LogP contribution in [0.5, 0.6) is 0 Å². The van der Waals surface area contributed by atoms with Crippen LogP contribution in [0.15, 0.2) is 24.3 Å². The number of halogens is 1. The summed E-state index contributed by atoms with van der Waals surface area (Å²) in [6.07, 6.45) is 3.61. The van der Waals surface area contributed by atoms with Crippen LogP contribution in [0.1, 0.15) is 56.0 Å². The lowest BCUT2D eigenvalue weighted by Gasteiger charge is -2.20. The SMILES string of the molecule is CC(C)(C)c1ccc(C(=O)NCC2CCCC2CCl)cc1. The average Bonchev–Trinajstić information content (AvgIpc) is 2.91. The van der Waals surface area contributed by atoms with Crippen LogP contribution in [0.25, 0.3) is 0 Å². The van der Waals surface area contributed by atoms with Crippen molar-refractivity contribution in [2.75, 3.05) is 12.4 Å². The fraction of sp³-hybridized carbons (Fsp3) is 0.611. The molecule has 2 nitrogen and oxygen atoms in total. The summed E-state index contributed by atoms with van der Waals surface area (Å²) >= 11 is 5.98. The first-order valence-corrected chi connectivity index (χ1v) is 8.40. The summed E-state index contributed by atoms with van der Waals surface area (Å²) in [4.78, 5) is 12.2. The maximum atomic E-state index is 12.2. The minimum absolute atomic E-state index is 0.0238. The van der Waals surface area contributed by atoms with E-state index >= 15 is 0 Å². The molecule has 1 saturated carbocycles. The Kier molecular flexibility index (Phi) is 5.32. The summed E-state index contributed by atoms with van der Waals surface area (Å²) in [7, 11) is 0. The van der Waals surface area contributed by atoms with Crippen LogP contribution >= 0.6 is 11.6 Å². The molecule has 1 aromatic carbocycles. The third-order valence-corrected chi connectivity index (χ3v) is 4.95. The lowest BCUT2D eigenvalue weighted by molar-refractivity contribution is 0.0944. The molecule has 2 unspecified atom stereocenters. The Bertz CT molecular complexity index is 475. The van der Waals surface area contributed by atoms with Crippen molar-refractivity contribution in [1.82, 2.24) is 5.32 Å². The van der Waals surface area contributed by atoms with Gasteiger partial charge in [0.15, 0.2) is 0 Å². The Hall–Kier alpha value is -1.02. The molecule has 1 aliphatic rings. The van der Waals surface area contributed by atoms with E-state index in [1.807, 2.05) is 24.3 Å². The summed E-state index contributed by atoms with van der Waals surface area (Å²) < 4.78 is 0. The normalized spacial score (nSPS) is 22.3. The smallest absolute Gasteiger partial charge is 0.251 e. The number of rotatable bonds is 4. The predicted molar refractivity (Wildman–Crippen MR) is 89.0 cm³/mol. The molecular weight excluding hydrogens is 282 g/mol. The van der Waals surface area contributed by atoms with Gasteiger partial charge in [0.2, 0.25) is 0 Å². The Balaban J connectivity index is 1.91. The van der Waals surface area contributed by atoms with Crippen LogP contribution in [0, 0.1) is 11.8 Å². The zero-order chi connectivity index (χ0) is 15.5. The largest absolute Gasteiger partial charge is 0.352 e. The highest BCUT2D eigenvalue weighted by Gasteiger charge is 2.26. The van der Waals surface area contributed by atoms with Crippen LogP contribution < -0.4 is 5.32 Å². The first kappa shape index (κ1) is 16.4. The molecule has 0 heterocycles. The van der Waals surface area contributed by atoms with Gasteiger partial charge in [-0.1, -0.05) is 39.3 Å². The molecule has 0 bridgehead atoms. The number of benzene rings is 1. The van der Waals surface area contributed by atoms with Gasteiger partial charge < -0.3 is 5.32 Å². The molecule has 21 heavy (non-hydrogen) atoms. The van der Waals surface area contributed by atoms with Crippen LogP contribution in [0.2, 0.25) is 0 Å². The second-order valence-corrected chi connectivity index (χ2v) is 7.45. The molecule has 0 radical (unpaired) electrons. The molecule has 1 N–H and O–H groups in total. The van der Waals surface area contributed by atoms with Gasteiger partial charge in [-0.15, -0.1) is 11.6 Å². The third kappa shape index (κ3) is 4.23. The van der Waals surface area contributed by atoms with Gasteiger partial charge in [-0.25, -0.2) is 0 Å². The summed E-state index contributed by atoms with van der Waals surface area (Å²) in [6.45, 7) is 7.27. The van der Waals surface area contributed by atoms with Gasteiger partial charge in [0.05, 0.1) is 0 Å². The van der Waals surface area contributed by atoms with Gasteiger partial charge in [0.1, 0.15) is 0 Å². The topological polar surface area (TPSA) is 29.1 Å². The van der Waals surface area contributed by atoms with Crippen molar-refractivity contribution in [3.8, 4) is 0 Å². The van der Waals surface area contributed by atoms with Gasteiger partial charge in [-0.2, -0.15) is 0 Å². The highest BCUT2D eigenvalue weighted by molar-refractivity contribution is 6.18. The van der Waals surface area contributed by atoms with Gasteiger partial charge in [0.25, 0.3) is 5.91 Å². The minimum Gasteiger partial charge on any atom is -0.352 e. The van der Waals surface area contributed by atoms with E-state index in [0.717, 1.165) is 12.1 Å². The van der Waals surface area contributed by atoms with Gasteiger partial charge in [-0.3, -0.25) is 4.79 Å². The highest BCUT2D eigenvalue weighted by atomic mass is 35.5. The van der Waals surface area contributed by atoms with Crippen molar-refractivity contribution in [2.45, 2.75) is 45.4 Å². The van der Waals surface area contributed by atoms with Crippen molar-refractivity contribution in [3.05, 3.63) is 35.4 Å². The summed E-state index contributed by atoms with van der Waals surface area (Å²) in [5.41, 5.74) is 2.10. The lowest BCUT2D eigenvalue weighted by Crippen LogP contribution is -2.31. The Morgan fingerprint density at radius 3 is 2.38 bits per heavy atom. The lowest BCUT2D eigenvalue weighted by atomic mass is 9.86. The minimum atomic E-state index is 0.0238. The van der Waals surface area contributed by atoms with Crippen LogP contribution in [-0.2, 0) is 5.41 Å². The van der Waals surface area contributed by atoms with E-state index in [1.165, 1.54) is 24.8 Å². The molecule has 3 heteroatoms. The average molecular weight is 308 g/mol. The first-order chi connectivity index (χ1) is 9.91. The zero-order valence-corrected chi connectivity index (χ0v) is 14.0. The molecule has 1 aliphatic carbocycles. The third-order valence-electron chi connectivity index (χ3n) is 4.55. The van der Waals surface area contributed by atoms with E-state index in [9.17, 15) is 4.79 Å². The van der Waals surface area contributed by atoms with Crippen molar-refractivity contribution >= 4 is 17.5 Å². The second kappa shape index (κ2) is 6.83. The molecule has 1 fully saturated rings. The summed E-state index contributed by atoms with van der Waals surface area (Å²) in [5, 5.41) is 3.07. The maximum absolute atomic E-state index is 12.2. The van der Waals surface area contributed by atoms with Crippen LogP contribution in [0.3, 0.4) is 0 Å². The van der Waals surface area contributed by atoms with Gasteiger partial charge in [0, 0.05) is 18.0 Å². The quantitative estimate of drug-likeness (QED) is 0.822. The molecule has 0 saturated heterocycles. The number of amides is 1. The highest BCUT2D eigenvalue weighted by Crippen LogP contribution is 2.32. The molecule has 2 atom stereocenters. The standard InChI is InChI=1S/C18H26ClNO/c1-18(2,3)16-9-7-13(8-10-16)17(21)20-12-15-6-4-5-14(15)11-19/h7-10,14-15H,4-6,11-12H2,1-3H3,(H,20,21). The monoisotopic (exact) mass is 307 g/mol. The van der Waals surface area contributed by atoms with E-state index in [4.69, 9.17) is 11.6 Å². The Morgan fingerprint density at radius 2 is 1.81 bits per heavy atom. The Labute approximate surface area is 133 Å². The molecule has 1 aromatic rings. The van der Waals surface area contributed by atoms with Crippen molar-refractivity contribution in [3.63, 3.8) is 0 Å². The van der Waals surface area contributed by atoms with Gasteiger partial charge >= 0.3 is 0 Å².